The van der Waals surface area contributed by atoms with E-state index >= 15 is 0 Å². The third kappa shape index (κ3) is 3.87. The van der Waals surface area contributed by atoms with Crippen LogP contribution in [0, 0.1) is 0 Å². The Bertz CT molecular complexity index is 729. The lowest BCUT2D eigenvalue weighted by Crippen LogP contribution is -2.37. The van der Waals surface area contributed by atoms with Gasteiger partial charge in [0.05, 0.1) is 11.5 Å². The van der Waals surface area contributed by atoms with Crippen molar-refractivity contribution < 1.29 is 16.8 Å². The maximum atomic E-state index is 12.4. The van der Waals surface area contributed by atoms with E-state index in [9.17, 15) is 16.8 Å². The number of hydrogen-bond donors (Lipinski definition) is 1. The number of rotatable bonds is 7. The van der Waals surface area contributed by atoms with Crippen LogP contribution >= 0.6 is 0 Å². The van der Waals surface area contributed by atoms with Gasteiger partial charge in [0.2, 0.25) is 20.0 Å². The Morgan fingerprint density at radius 2 is 1.91 bits per heavy atom. The second-order valence-electron chi connectivity index (χ2n) is 5.38. The number of nitrogens with one attached hydrogen (secondary N) is 1. The molecular weight excluding hydrogens is 324 g/mol. The summed E-state index contributed by atoms with van der Waals surface area (Å²) >= 11 is 0. The van der Waals surface area contributed by atoms with Gasteiger partial charge in [-0.1, -0.05) is 24.3 Å². The third-order valence-corrected chi connectivity index (χ3v) is 7.30. The van der Waals surface area contributed by atoms with Crippen LogP contribution < -0.4 is 4.72 Å². The number of nitrogens with zero attached hydrogens (tertiary/aromatic N) is 1. The van der Waals surface area contributed by atoms with Crippen LogP contribution in [0.25, 0.3) is 0 Å². The summed E-state index contributed by atoms with van der Waals surface area (Å²) in [6, 6.07) is 7.68. The van der Waals surface area contributed by atoms with Crippen molar-refractivity contribution in [2.24, 2.45) is 0 Å². The Labute approximate surface area is 132 Å². The molecule has 124 valence electrons. The highest BCUT2D eigenvalue weighted by molar-refractivity contribution is 7.90. The summed E-state index contributed by atoms with van der Waals surface area (Å²) in [5, 5.41) is 0. The van der Waals surface area contributed by atoms with Gasteiger partial charge in [0.1, 0.15) is 0 Å². The van der Waals surface area contributed by atoms with Crippen molar-refractivity contribution in [3.63, 3.8) is 0 Å². The Hall–Kier alpha value is -0.960. The molecule has 0 saturated carbocycles. The van der Waals surface area contributed by atoms with Crippen LogP contribution in [0.3, 0.4) is 0 Å². The van der Waals surface area contributed by atoms with Crippen molar-refractivity contribution in [3.05, 3.63) is 35.4 Å². The number of hydrogen-bond acceptors (Lipinski definition) is 4. The molecule has 0 aliphatic heterocycles. The first-order valence-electron chi connectivity index (χ1n) is 7.27. The lowest BCUT2D eigenvalue weighted by atomic mass is 10.1. The SMILES string of the molecule is CCS(=O)(=O)NCCS(=O)(=O)N(C)[C@H]1CCc2ccccc21. The average molecular weight is 346 g/mol. The monoisotopic (exact) mass is 346 g/mol. The zero-order valence-electron chi connectivity index (χ0n) is 12.8. The van der Waals surface area contributed by atoms with Gasteiger partial charge in [-0.25, -0.2) is 21.6 Å². The molecule has 1 aromatic rings. The number of aryl methyl sites for hydroxylation is 1. The normalized spacial score (nSPS) is 18.6. The molecule has 1 aliphatic carbocycles. The molecular formula is C14H22N2O4S2. The smallest absolute Gasteiger partial charge is 0.214 e. The molecule has 6 nitrogen and oxygen atoms in total. The van der Waals surface area contributed by atoms with Crippen molar-refractivity contribution in [2.75, 3.05) is 25.1 Å². The summed E-state index contributed by atoms with van der Waals surface area (Å²) in [5.74, 6) is -0.291. The van der Waals surface area contributed by atoms with Gasteiger partial charge < -0.3 is 0 Å². The molecule has 0 amide bonds. The van der Waals surface area contributed by atoms with E-state index in [2.05, 4.69) is 4.72 Å². The molecule has 1 aromatic carbocycles. The Balaban J connectivity index is 2.04. The van der Waals surface area contributed by atoms with Crippen LogP contribution in [-0.2, 0) is 26.5 Å². The maximum Gasteiger partial charge on any atom is 0.215 e. The molecule has 0 heterocycles. The molecule has 1 N–H and O–H groups in total. The van der Waals surface area contributed by atoms with E-state index in [-0.39, 0.29) is 24.1 Å². The van der Waals surface area contributed by atoms with E-state index in [4.69, 9.17) is 0 Å². The first-order valence-corrected chi connectivity index (χ1v) is 10.5. The molecule has 1 atom stereocenters. The van der Waals surface area contributed by atoms with Crippen LogP contribution in [0.2, 0.25) is 0 Å². The van der Waals surface area contributed by atoms with E-state index < -0.39 is 20.0 Å². The zero-order valence-corrected chi connectivity index (χ0v) is 14.5. The topological polar surface area (TPSA) is 83.5 Å². The molecule has 0 fully saturated rings. The summed E-state index contributed by atoms with van der Waals surface area (Å²) in [4.78, 5) is 0. The average Bonchev–Trinajstić information content (AvgIpc) is 2.89. The van der Waals surface area contributed by atoms with E-state index in [1.54, 1.807) is 7.05 Å². The van der Waals surface area contributed by atoms with Gasteiger partial charge in [0.25, 0.3) is 0 Å². The van der Waals surface area contributed by atoms with Crippen LogP contribution in [0.15, 0.2) is 24.3 Å². The van der Waals surface area contributed by atoms with E-state index in [0.717, 1.165) is 18.4 Å². The van der Waals surface area contributed by atoms with Gasteiger partial charge >= 0.3 is 0 Å². The van der Waals surface area contributed by atoms with Crippen molar-refractivity contribution in [1.82, 2.24) is 9.03 Å². The zero-order chi connectivity index (χ0) is 16.4. The van der Waals surface area contributed by atoms with E-state index in [1.807, 2.05) is 24.3 Å². The van der Waals surface area contributed by atoms with Crippen molar-refractivity contribution in [1.29, 1.82) is 0 Å². The highest BCUT2D eigenvalue weighted by Gasteiger charge is 2.32. The summed E-state index contributed by atoms with van der Waals surface area (Å²) in [7, 11) is -5.31. The molecule has 22 heavy (non-hydrogen) atoms. The molecule has 1 aliphatic rings. The fraction of sp³-hybridized carbons (Fsp3) is 0.571. The second kappa shape index (κ2) is 6.66. The van der Waals surface area contributed by atoms with Crippen molar-refractivity contribution in [3.8, 4) is 0 Å². The van der Waals surface area contributed by atoms with Gasteiger partial charge in [0, 0.05) is 19.6 Å². The van der Waals surface area contributed by atoms with Crippen molar-refractivity contribution in [2.45, 2.75) is 25.8 Å². The first kappa shape index (κ1) is 17.4. The molecule has 0 aromatic heterocycles. The molecule has 0 unspecified atom stereocenters. The predicted molar refractivity (Wildman–Crippen MR) is 86.5 cm³/mol. The minimum Gasteiger partial charge on any atom is -0.214 e. The summed E-state index contributed by atoms with van der Waals surface area (Å²) in [6.07, 6.45) is 1.62. The standard InChI is InChI=1S/C14H22N2O4S2/c1-3-21(17,18)15-10-11-22(19,20)16(2)14-9-8-12-6-4-5-7-13(12)14/h4-7,14-15H,3,8-11H2,1-2H3/t14-/m0/s1. The Kier molecular flexibility index (Phi) is 5.26. The minimum atomic E-state index is -3.51. The van der Waals surface area contributed by atoms with Crippen LogP contribution in [0.1, 0.15) is 30.5 Å². The molecule has 0 radical (unpaired) electrons. The number of sulfonamides is 2. The van der Waals surface area contributed by atoms with Gasteiger partial charge in [0.15, 0.2) is 0 Å². The molecule has 2 rings (SSSR count). The summed E-state index contributed by atoms with van der Waals surface area (Å²) in [6.45, 7) is 1.41. The van der Waals surface area contributed by atoms with E-state index in [1.165, 1.54) is 16.8 Å². The first-order chi connectivity index (χ1) is 10.3. The highest BCUT2D eigenvalue weighted by atomic mass is 32.2. The lowest BCUT2D eigenvalue weighted by molar-refractivity contribution is 0.374. The predicted octanol–water partition coefficient (Wildman–Crippen LogP) is 0.875. The second-order valence-corrected chi connectivity index (χ2v) is 9.63. The largest absolute Gasteiger partial charge is 0.215 e. The van der Waals surface area contributed by atoms with Crippen LogP contribution in [0.5, 0.6) is 0 Å². The van der Waals surface area contributed by atoms with Gasteiger partial charge in [-0.05, 0) is 30.9 Å². The maximum absolute atomic E-state index is 12.4. The molecule has 0 saturated heterocycles. The van der Waals surface area contributed by atoms with Crippen LogP contribution in [-0.4, -0.2) is 46.2 Å². The van der Waals surface area contributed by atoms with E-state index in [0.29, 0.717) is 0 Å². The molecule has 0 spiro atoms. The molecule has 0 bridgehead atoms. The summed E-state index contributed by atoms with van der Waals surface area (Å²) in [5.41, 5.74) is 2.23. The summed E-state index contributed by atoms with van der Waals surface area (Å²) < 4.78 is 51.2. The Morgan fingerprint density at radius 3 is 2.59 bits per heavy atom. The lowest BCUT2D eigenvalue weighted by Gasteiger charge is -2.24. The fourth-order valence-corrected chi connectivity index (χ4v) is 4.68. The Morgan fingerprint density at radius 1 is 1.23 bits per heavy atom. The van der Waals surface area contributed by atoms with Crippen LogP contribution in [0.4, 0.5) is 0 Å². The minimum absolute atomic E-state index is 0.0567. The van der Waals surface area contributed by atoms with Gasteiger partial charge in [-0.15, -0.1) is 0 Å². The molecule has 8 heteroatoms. The van der Waals surface area contributed by atoms with Crippen molar-refractivity contribution >= 4 is 20.0 Å². The highest BCUT2D eigenvalue weighted by Crippen LogP contribution is 2.36. The quantitative estimate of drug-likeness (QED) is 0.794. The third-order valence-electron chi connectivity index (χ3n) is 4.04. The number of benzene rings is 1. The fourth-order valence-electron chi connectivity index (χ4n) is 2.68. The number of fused-ring (bicyclic) bond motifs is 1. The van der Waals surface area contributed by atoms with Gasteiger partial charge in [-0.2, -0.15) is 4.31 Å². The van der Waals surface area contributed by atoms with Gasteiger partial charge in [-0.3, -0.25) is 0 Å².